The Morgan fingerprint density at radius 1 is 1.60 bits per heavy atom. The summed E-state index contributed by atoms with van der Waals surface area (Å²) >= 11 is 0. The van der Waals surface area contributed by atoms with Gasteiger partial charge in [-0.3, -0.25) is 4.68 Å². The number of sulfonamides is 1. The van der Waals surface area contributed by atoms with Crippen molar-refractivity contribution in [2.45, 2.75) is 36.7 Å². The summed E-state index contributed by atoms with van der Waals surface area (Å²) in [6.07, 6.45) is 11.5. The summed E-state index contributed by atoms with van der Waals surface area (Å²) in [7, 11) is -2.06. The first kappa shape index (κ1) is 15.0. The van der Waals surface area contributed by atoms with Gasteiger partial charge >= 0.3 is 0 Å². The first-order chi connectivity index (χ1) is 9.54. The number of nitrogens with zero attached hydrogens (tertiary/aromatic N) is 3. The smallest absolute Gasteiger partial charge is 0.246 e. The molecule has 2 rings (SSSR count). The molecule has 1 aromatic heterocycles. The topological polar surface area (TPSA) is 67.2 Å². The number of terminal acetylenes is 1. The highest BCUT2D eigenvalue weighted by Gasteiger charge is 2.22. The lowest BCUT2D eigenvalue weighted by Crippen LogP contribution is -2.26. The zero-order valence-corrected chi connectivity index (χ0v) is 12.4. The molecule has 0 atom stereocenters. The van der Waals surface area contributed by atoms with Crippen LogP contribution in [-0.2, 0) is 16.6 Å². The summed E-state index contributed by atoms with van der Waals surface area (Å²) < 4.78 is 27.1. The molecule has 0 saturated heterocycles. The third-order valence-electron chi connectivity index (χ3n) is 3.21. The van der Waals surface area contributed by atoms with Crippen LogP contribution >= 0.6 is 0 Å². The summed E-state index contributed by atoms with van der Waals surface area (Å²) in [5, 5.41) is 7.50. The average molecular weight is 296 g/mol. The fourth-order valence-corrected chi connectivity index (χ4v) is 2.87. The number of hydrogen-bond donors (Lipinski definition) is 1. The van der Waals surface area contributed by atoms with Crippen molar-refractivity contribution in [2.75, 3.05) is 20.1 Å². The summed E-state index contributed by atoms with van der Waals surface area (Å²) in [5.41, 5.74) is 0. The van der Waals surface area contributed by atoms with Gasteiger partial charge in [0.1, 0.15) is 4.90 Å². The minimum atomic E-state index is -3.52. The second kappa shape index (κ2) is 6.39. The zero-order valence-electron chi connectivity index (χ0n) is 11.6. The van der Waals surface area contributed by atoms with Gasteiger partial charge in [0.15, 0.2) is 0 Å². The van der Waals surface area contributed by atoms with Crippen molar-refractivity contribution >= 4 is 10.0 Å². The van der Waals surface area contributed by atoms with E-state index in [2.05, 4.69) is 16.3 Å². The van der Waals surface area contributed by atoms with Gasteiger partial charge in [0.2, 0.25) is 10.0 Å². The molecule has 0 radical (unpaired) electrons. The summed E-state index contributed by atoms with van der Waals surface area (Å²) in [6.45, 7) is 1.69. The van der Waals surface area contributed by atoms with Crippen LogP contribution in [0.15, 0.2) is 17.3 Å². The van der Waals surface area contributed by atoms with Crippen molar-refractivity contribution in [3.8, 4) is 12.3 Å². The van der Waals surface area contributed by atoms with Gasteiger partial charge in [-0.2, -0.15) is 9.40 Å². The van der Waals surface area contributed by atoms with Crippen LogP contribution in [-0.4, -0.2) is 48.7 Å². The van der Waals surface area contributed by atoms with Crippen LogP contribution in [0.3, 0.4) is 0 Å². The van der Waals surface area contributed by atoms with E-state index in [0.717, 1.165) is 17.3 Å². The van der Waals surface area contributed by atoms with Crippen LogP contribution in [0, 0.1) is 12.3 Å². The van der Waals surface area contributed by atoms with Crippen LogP contribution < -0.4 is 5.32 Å². The van der Waals surface area contributed by atoms with Crippen molar-refractivity contribution in [1.82, 2.24) is 19.4 Å². The van der Waals surface area contributed by atoms with Gasteiger partial charge in [-0.05, 0) is 25.8 Å². The van der Waals surface area contributed by atoms with E-state index < -0.39 is 10.0 Å². The van der Waals surface area contributed by atoms with E-state index in [1.807, 2.05) is 0 Å². The van der Waals surface area contributed by atoms with Gasteiger partial charge in [0, 0.05) is 25.8 Å². The molecule has 1 aromatic rings. The normalized spacial score (nSPS) is 15.4. The number of nitrogens with one attached hydrogen (secondary N) is 1. The average Bonchev–Trinajstić information content (AvgIpc) is 3.11. The molecule has 1 N–H and O–H groups in total. The molecule has 1 aliphatic rings. The first-order valence-electron chi connectivity index (χ1n) is 6.69. The van der Waals surface area contributed by atoms with Crippen molar-refractivity contribution in [1.29, 1.82) is 0 Å². The molecule has 1 heterocycles. The number of aromatic nitrogens is 2. The van der Waals surface area contributed by atoms with Gasteiger partial charge in [-0.25, -0.2) is 8.42 Å². The minimum Gasteiger partial charge on any atom is -0.314 e. The molecule has 0 spiro atoms. The molecule has 0 amide bonds. The van der Waals surface area contributed by atoms with Crippen molar-refractivity contribution in [2.24, 2.45) is 0 Å². The van der Waals surface area contributed by atoms with Crippen LogP contribution in [0.2, 0.25) is 0 Å². The third-order valence-corrected chi connectivity index (χ3v) is 4.96. The largest absolute Gasteiger partial charge is 0.314 e. The standard InChI is InChI=1S/C13H20N4O2S/c1-3-8-16(2)20(18,19)13-10-15-17(11-13)9-4-7-14-12-5-6-12/h1,10-12,14H,4-9H2,2H3. The van der Waals surface area contributed by atoms with Gasteiger partial charge in [0.25, 0.3) is 0 Å². The Labute approximate surface area is 120 Å². The highest BCUT2D eigenvalue weighted by Crippen LogP contribution is 2.18. The van der Waals surface area contributed by atoms with Gasteiger partial charge < -0.3 is 5.32 Å². The lowest BCUT2D eigenvalue weighted by atomic mass is 10.4. The first-order valence-corrected chi connectivity index (χ1v) is 8.13. The Morgan fingerprint density at radius 2 is 2.35 bits per heavy atom. The maximum Gasteiger partial charge on any atom is 0.246 e. The molecule has 6 nitrogen and oxygen atoms in total. The van der Waals surface area contributed by atoms with Crippen molar-refractivity contribution in [3.63, 3.8) is 0 Å². The Balaban J connectivity index is 1.88. The summed E-state index contributed by atoms with van der Waals surface area (Å²) in [6, 6.07) is 0.695. The second-order valence-corrected chi connectivity index (χ2v) is 7.03. The van der Waals surface area contributed by atoms with E-state index in [9.17, 15) is 8.42 Å². The van der Waals surface area contributed by atoms with Gasteiger partial charge in [-0.15, -0.1) is 6.42 Å². The third kappa shape index (κ3) is 3.82. The van der Waals surface area contributed by atoms with Crippen molar-refractivity contribution in [3.05, 3.63) is 12.4 Å². The lowest BCUT2D eigenvalue weighted by Gasteiger charge is -2.12. The van der Waals surface area contributed by atoms with E-state index in [0.29, 0.717) is 12.6 Å². The maximum absolute atomic E-state index is 12.1. The molecule has 1 aliphatic carbocycles. The quantitative estimate of drug-likeness (QED) is 0.553. The maximum atomic E-state index is 12.1. The summed E-state index contributed by atoms with van der Waals surface area (Å²) in [5.74, 6) is 2.32. The molecule has 0 aromatic carbocycles. The Hall–Kier alpha value is -1.36. The molecule has 7 heteroatoms. The van der Waals surface area contributed by atoms with Crippen LogP contribution in [0.1, 0.15) is 19.3 Å². The SMILES string of the molecule is C#CCN(C)S(=O)(=O)c1cnn(CCCNC2CC2)c1. The fourth-order valence-electron chi connectivity index (χ4n) is 1.83. The lowest BCUT2D eigenvalue weighted by molar-refractivity contribution is 0.502. The molecule has 0 aliphatic heterocycles. The van der Waals surface area contributed by atoms with E-state index in [-0.39, 0.29) is 11.4 Å². The van der Waals surface area contributed by atoms with Crippen LogP contribution in [0.4, 0.5) is 0 Å². The molecular weight excluding hydrogens is 276 g/mol. The molecule has 0 bridgehead atoms. The molecule has 110 valence electrons. The van der Waals surface area contributed by atoms with E-state index in [1.54, 1.807) is 10.9 Å². The molecule has 0 unspecified atom stereocenters. The minimum absolute atomic E-state index is 0.0544. The Bertz CT molecular complexity index is 584. The number of aryl methyl sites for hydroxylation is 1. The second-order valence-electron chi connectivity index (χ2n) is 4.99. The fraction of sp³-hybridized carbons (Fsp3) is 0.615. The predicted molar refractivity (Wildman–Crippen MR) is 76.5 cm³/mol. The van der Waals surface area contributed by atoms with Crippen LogP contribution in [0.5, 0.6) is 0 Å². The highest BCUT2D eigenvalue weighted by atomic mass is 32.2. The summed E-state index contributed by atoms with van der Waals surface area (Å²) in [4.78, 5) is 0.186. The van der Waals surface area contributed by atoms with Crippen molar-refractivity contribution < 1.29 is 8.42 Å². The number of rotatable bonds is 8. The monoisotopic (exact) mass is 296 g/mol. The van der Waals surface area contributed by atoms with E-state index >= 15 is 0 Å². The van der Waals surface area contributed by atoms with Gasteiger partial charge in [0.05, 0.1) is 12.7 Å². The predicted octanol–water partition coefficient (Wildman–Crippen LogP) is 0.279. The Morgan fingerprint density at radius 3 is 3.00 bits per heavy atom. The zero-order chi connectivity index (χ0) is 14.6. The molecular formula is C13H20N4O2S. The van der Waals surface area contributed by atoms with E-state index in [1.165, 1.54) is 26.1 Å². The number of hydrogen-bond acceptors (Lipinski definition) is 4. The Kier molecular flexibility index (Phi) is 4.81. The molecule has 1 saturated carbocycles. The molecule has 1 fully saturated rings. The van der Waals surface area contributed by atoms with Crippen LogP contribution in [0.25, 0.3) is 0 Å². The van der Waals surface area contributed by atoms with E-state index in [4.69, 9.17) is 6.42 Å². The molecule has 20 heavy (non-hydrogen) atoms. The van der Waals surface area contributed by atoms with Gasteiger partial charge in [-0.1, -0.05) is 5.92 Å². The highest BCUT2D eigenvalue weighted by molar-refractivity contribution is 7.89.